The summed E-state index contributed by atoms with van der Waals surface area (Å²) < 4.78 is 3.49. The number of nitrogens with one attached hydrogen (secondary N) is 1. The van der Waals surface area contributed by atoms with Gasteiger partial charge in [0.25, 0.3) is 5.56 Å². The Morgan fingerprint density at radius 2 is 2.00 bits per heavy atom. The van der Waals surface area contributed by atoms with Crippen molar-refractivity contribution in [3.8, 4) is 0 Å². The molecule has 142 valence electrons. The standard InChI is InChI=1S/C20H25N5O2/c1-3-16-22-18-17(25(16)12-13-8-5-4-6-9-13)19(27)24(2)20(23-18)21-14-10-7-11-15(14)26/h4-6,8-9,14-15,26H,3,7,10-12H2,1-2H3,(H,21,23)/t14-,15-/m1/s1. The molecule has 7 heteroatoms. The zero-order chi connectivity index (χ0) is 19.0. The van der Waals surface area contributed by atoms with Crippen LogP contribution in [0.25, 0.3) is 11.2 Å². The van der Waals surface area contributed by atoms with Gasteiger partial charge in [-0.1, -0.05) is 37.3 Å². The molecule has 0 radical (unpaired) electrons. The maximum absolute atomic E-state index is 13.1. The average Bonchev–Trinajstić information content (AvgIpc) is 3.23. The summed E-state index contributed by atoms with van der Waals surface area (Å²) in [6, 6.07) is 9.97. The zero-order valence-corrected chi connectivity index (χ0v) is 15.7. The van der Waals surface area contributed by atoms with Gasteiger partial charge >= 0.3 is 0 Å². The number of aryl methyl sites for hydroxylation is 1. The normalized spacial score (nSPS) is 19.7. The first-order valence-electron chi connectivity index (χ1n) is 9.53. The van der Waals surface area contributed by atoms with Crippen molar-refractivity contribution in [2.24, 2.45) is 7.05 Å². The lowest BCUT2D eigenvalue weighted by Gasteiger charge is -2.18. The van der Waals surface area contributed by atoms with E-state index in [0.717, 1.165) is 37.1 Å². The van der Waals surface area contributed by atoms with Crippen LogP contribution in [0, 0.1) is 0 Å². The van der Waals surface area contributed by atoms with E-state index in [1.807, 2.05) is 41.8 Å². The highest BCUT2D eigenvalue weighted by Gasteiger charge is 2.27. The van der Waals surface area contributed by atoms with Crippen molar-refractivity contribution in [2.45, 2.75) is 51.3 Å². The van der Waals surface area contributed by atoms with Crippen molar-refractivity contribution in [2.75, 3.05) is 5.32 Å². The molecular weight excluding hydrogens is 342 g/mol. The molecule has 0 bridgehead atoms. The Kier molecular flexibility index (Phi) is 4.70. The number of aromatic nitrogens is 4. The first-order chi connectivity index (χ1) is 13.1. The SMILES string of the molecule is CCc1nc2nc(N[C@@H]3CCC[C@H]3O)n(C)c(=O)c2n1Cc1ccccc1. The Hall–Kier alpha value is -2.67. The second-order valence-electron chi connectivity index (χ2n) is 7.17. The summed E-state index contributed by atoms with van der Waals surface area (Å²) in [7, 11) is 1.71. The summed E-state index contributed by atoms with van der Waals surface area (Å²) in [5, 5.41) is 13.3. The van der Waals surface area contributed by atoms with Crippen LogP contribution >= 0.6 is 0 Å². The lowest BCUT2D eigenvalue weighted by atomic mass is 10.2. The number of anilines is 1. The van der Waals surface area contributed by atoms with Gasteiger partial charge in [0.15, 0.2) is 11.2 Å². The third-order valence-electron chi connectivity index (χ3n) is 5.36. The van der Waals surface area contributed by atoms with Crippen LogP contribution in [-0.2, 0) is 20.0 Å². The number of fused-ring (bicyclic) bond motifs is 1. The van der Waals surface area contributed by atoms with Crippen molar-refractivity contribution in [1.82, 2.24) is 19.1 Å². The molecule has 2 N–H and O–H groups in total. The molecule has 0 saturated heterocycles. The zero-order valence-electron chi connectivity index (χ0n) is 15.7. The lowest BCUT2D eigenvalue weighted by molar-refractivity contribution is 0.171. The molecule has 27 heavy (non-hydrogen) atoms. The van der Waals surface area contributed by atoms with E-state index in [9.17, 15) is 9.90 Å². The maximum atomic E-state index is 13.1. The Balaban J connectivity index is 1.78. The molecule has 0 unspecified atom stereocenters. The quantitative estimate of drug-likeness (QED) is 0.721. The van der Waals surface area contributed by atoms with Crippen molar-refractivity contribution in [1.29, 1.82) is 0 Å². The van der Waals surface area contributed by atoms with Gasteiger partial charge in [0.2, 0.25) is 5.95 Å². The Labute approximate surface area is 157 Å². The molecule has 1 aromatic carbocycles. The molecule has 1 fully saturated rings. The summed E-state index contributed by atoms with van der Waals surface area (Å²) in [5.74, 6) is 1.31. The van der Waals surface area contributed by atoms with E-state index < -0.39 is 6.10 Å². The Morgan fingerprint density at radius 1 is 1.22 bits per heavy atom. The predicted octanol–water partition coefficient (Wildman–Crippen LogP) is 2.07. The van der Waals surface area contributed by atoms with Gasteiger partial charge in [0.05, 0.1) is 12.1 Å². The molecule has 0 amide bonds. The molecular formula is C20H25N5O2. The fourth-order valence-corrected chi connectivity index (χ4v) is 3.81. The molecule has 0 spiro atoms. The Morgan fingerprint density at radius 3 is 2.67 bits per heavy atom. The van der Waals surface area contributed by atoms with Gasteiger partial charge in [0.1, 0.15) is 5.82 Å². The molecule has 1 aliphatic rings. The highest BCUT2D eigenvalue weighted by molar-refractivity contribution is 5.72. The molecule has 7 nitrogen and oxygen atoms in total. The number of hydrogen-bond donors (Lipinski definition) is 2. The van der Waals surface area contributed by atoms with E-state index in [0.29, 0.717) is 23.7 Å². The van der Waals surface area contributed by atoms with Crippen molar-refractivity contribution < 1.29 is 5.11 Å². The van der Waals surface area contributed by atoms with E-state index in [1.54, 1.807) is 7.05 Å². The van der Waals surface area contributed by atoms with Crippen LogP contribution in [0.3, 0.4) is 0 Å². The van der Waals surface area contributed by atoms with Gasteiger partial charge < -0.3 is 15.0 Å². The summed E-state index contributed by atoms with van der Waals surface area (Å²) in [5.41, 5.74) is 1.97. The number of nitrogens with zero attached hydrogens (tertiary/aromatic N) is 4. The molecule has 1 saturated carbocycles. The third-order valence-corrected chi connectivity index (χ3v) is 5.36. The first kappa shape index (κ1) is 17.7. The molecule has 2 aromatic heterocycles. The van der Waals surface area contributed by atoms with Crippen LogP contribution in [0.15, 0.2) is 35.1 Å². The predicted molar refractivity (Wildman–Crippen MR) is 105 cm³/mol. The van der Waals surface area contributed by atoms with Crippen LogP contribution in [-0.4, -0.2) is 36.4 Å². The smallest absolute Gasteiger partial charge is 0.280 e. The summed E-state index contributed by atoms with van der Waals surface area (Å²) in [6.45, 7) is 2.62. The van der Waals surface area contributed by atoms with Crippen LogP contribution in [0.1, 0.15) is 37.6 Å². The number of imidazole rings is 1. The highest BCUT2D eigenvalue weighted by atomic mass is 16.3. The minimum atomic E-state index is -0.403. The molecule has 2 atom stereocenters. The van der Waals surface area contributed by atoms with E-state index >= 15 is 0 Å². The molecule has 3 aromatic rings. The van der Waals surface area contributed by atoms with Gasteiger partial charge in [-0.05, 0) is 24.8 Å². The second kappa shape index (κ2) is 7.15. The highest BCUT2D eigenvalue weighted by Crippen LogP contribution is 2.23. The monoisotopic (exact) mass is 367 g/mol. The maximum Gasteiger partial charge on any atom is 0.280 e. The van der Waals surface area contributed by atoms with Gasteiger partial charge in [-0.25, -0.2) is 4.98 Å². The minimum absolute atomic E-state index is 0.0717. The van der Waals surface area contributed by atoms with Crippen molar-refractivity contribution >= 4 is 17.1 Å². The third kappa shape index (κ3) is 3.23. The van der Waals surface area contributed by atoms with Crippen LogP contribution < -0.4 is 10.9 Å². The Bertz CT molecular complexity index is 1010. The second-order valence-corrected chi connectivity index (χ2v) is 7.17. The van der Waals surface area contributed by atoms with Gasteiger partial charge in [0, 0.05) is 20.0 Å². The lowest BCUT2D eigenvalue weighted by Crippen LogP contribution is -2.32. The van der Waals surface area contributed by atoms with Crippen LogP contribution in [0.5, 0.6) is 0 Å². The summed E-state index contributed by atoms with van der Waals surface area (Å²) in [4.78, 5) is 22.3. The minimum Gasteiger partial charge on any atom is -0.391 e. The molecule has 0 aliphatic heterocycles. The van der Waals surface area contributed by atoms with E-state index in [2.05, 4.69) is 15.3 Å². The number of aliphatic hydroxyl groups excluding tert-OH is 1. The number of aliphatic hydroxyl groups is 1. The topological polar surface area (TPSA) is 85.0 Å². The van der Waals surface area contributed by atoms with Crippen LogP contribution in [0.2, 0.25) is 0 Å². The van der Waals surface area contributed by atoms with Gasteiger partial charge in [-0.2, -0.15) is 4.98 Å². The molecule has 4 rings (SSSR count). The molecule has 1 aliphatic carbocycles. The van der Waals surface area contributed by atoms with E-state index in [4.69, 9.17) is 0 Å². The largest absolute Gasteiger partial charge is 0.391 e. The fourth-order valence-electron chi connectivity index (χ4n) is 3.81. The fraction of sp³-hybridized carbons (Fsp3) is 0.450. The van der Waals surface area contributed by atoms with Crippen molar-refractivity contribution in [3.63, 3.8) is 0 Å². The first-order valence-corrected chi connectivity index (χ1v) is 9.53. The number of benzene rings is 1. The average molecular weight is 367 g/mol. The van der Waals surface area contributed by atoms with Gasteiger partial charge in [-0.15, -0.1) is 0 Å². The van der Waals surface area contributed by atoms with Crippen LogP contribution in [0.4, 0.5) is 5.95 Å². The van der Waals surface area contributed by atoms with Crippen molar-refractivity contribution in [3.05, 3.63) is 52.1 Å². The van der Waals surface area contributed by atoms with E-state index in [1.165, 1.54) is 4.57 Å². The summed E-state index contributed by atoms with van der Waals surface area (Å²) >= 11 is 0. The summed E-state index contributed by atoms with van der Waals surface area (Å²) in [6.07, 6.45) is 2.94. The molecule has 2 heterocycles. The van der Waals surface area contributed by atoms with Gasteiger partial charge in [-0.3, -0.25) is 9.36 Å². The van der Waals surface area contributed by atoms with E-state index in [-0.39, 0.29) is 11.6 Å². The number of rotatable bonds is 5. The number of hydrogen-bond acceptors (Lipinski definition) is 5.